The summed E-state index contributed by atoms with van der Waals surface area (Å²) < 4.78 is 37.2. The fraction of sp³-hybridized carbons (Fsp3) is 0.462. The Labute approximate surface area is 250 Å². The number of aryl methyl sites for hydroxylation is 1. The molecule has 2 aromatic rings. The lowest BCUT2D eigenvalue weighted by Crippen LogP contribution is -2.37. The number of nitro benzene ring substituents is 2. The molecular weight excluding hydrogens is 662 g/mol. The van der Waals surface area contributed by atoms with Crippen LogP contribution < -0.4 is 0 Å². The van der Waals surface area contributed by atoms with Crippen molar-refractivity contribution in [1.82, 2.24) is 9.80 Å². The van der Waals surface area contributed by atoms with Gasteiger partial charge in [-0.15, -0.1) is 0 Å². The maximum atomic E-state index is 13.2. The maximum Gasteiger partial charge on any atom is 0.277 e. The average Bonchev–Trinajstić information content (AvgIpc) is 2.81. The molecule has 0 heterocycles. The summed E-state index contributed by atoms with van der Waals surface area (Å²) in [7, 11) is 7.43. The molecule has 0 atom stereocenters. The summed E-state index contributed by atoms with van der Waals surface area (Å²) in [6, 6.07) is 4.57. The van der Waals surface area contributed by atoms with Crippen molar-refractivity contribution in [2.45, 2.75) is 53.2 Å². The van der Waals surface area contributed by atoms with E-state index in [1.807, 2.05) is 46.7 Å². The van der Waals surface area contributed by atoms with Crippen LogP contribution in [0.25, 0.3) is 6.08 Å². The van der Waals surface area contributed by atoms with Crippen molar-refractivity contribution in [2.24, 2.45) is 0 Å². The minimum atomic E-state index is -0.542. The highest BCUT2D eigenvalue weighted by Gasteiger charge is 2.16. The molecule has 0 radical (unpaired) electrons. The number of rotatable bonds is 9. The second-order valence-electron chi connectivity index (χ2n) is 9.31. The van der Waals surface area contributed by atoms with Crippen molar-refractivity contribution < 1.29 is 28.1 Å². The molecule has 0 aromatic heterocycles. The molecule has 14 heteroatoms. The smallest absolute Gasteiger partial charge is 0.277 e. The molecule has 0 aliphatic rings. The van der Waals surface area contributed by atoms with Crippen LogP contribution in [0.5, 0.6) is 0 Å². The molecule has 0 unspecified atom stereocenters. The molecule has 0 aliphatic heterocycles. The molecule has 0 amide bonds. The van der Waals surface area contributed by atoms with E-state index in [9.17, 15) is 29.0 Å². The van der Waals surface area contributed by atoms with Crippen molar-refractivity contribution in [2.75, 3.05) is 28.2 Å². The lowest BCUT2D eigenvalue weighted by molar-refractivity contribution is -0.385. The standard InChI is InChI=1S/C10H10BrFN2O2.C9H21NO2.C7H5BrFNO2/c1-13(2)4-3-7-5-9(12)8(11)6-10(7)14(15)16;1-7(2)11-9(10(5)6)12-8(3)4;1-4-2-6(9)5(8)3-7(4)10(11)12/h3-6H,1-2H3;7-9H,1-6H3;2-3H,1H3/b4-3+;;. The molecule has 0 bridgehead atoms. The van der Waals surface area contributed by atoms with E-state index in [4.69, 9.17) is 9.47 Å². The van der Waals surface area contributed by atoms with Gasteiger partial charge in [0.15, 0.2) is 0 Å². The van der Waals surface area contributed by atoms with Crippen LogP contribution in [0.15, 0.2) is 39.4 Å². The Bertz CT molecular complexity index is 1150. The van der Waals surface area contributed by atoms with Crippen molar-refractivity contribution >= 4 is 49.3 Å². The third-order valence-electron chi connectivity index (χ3n) is 4.45. The van der Waals surface area contributed by atoms with Crippen molar-refractivity contribution in [3.8, 4) is 0 Å². The van der Waals surface area contributed by atoms with E-state index in [0.717, 1.165) is 24.3 Å². The number of nitrogens with zero attached hydrogens (tertiary/aromatic N) is 4. The van der Waals surface area contributed by atoms with Crippen LogP contribution in [0.3, 0.4) is 0 Å². The van der Waals surface area contributed by atoms with Crippen LogP contribution in [-0.4, -0.2) is 66.5 Å². The highest BCUT2D eigenvalue weighted by molar-refractivity contribution is 9.10. The third-order valence-corrected chi connectivity index (χ3v) is 5.67. The number of benzene rings is 2. The van der Waals surface area contributed by atoms with Gasteiger partial charge in [-0.2, -0.15) is 0 Å². The lowest BCUT2D eigenvalue weighted by atomic mass is 10.1. The van der Waals surface area contributed by atoms with E-state index in [1.54, 1.807) is 25.2 Å². The quantitative estimate of drug-likeness (QED) is 0.150. The summed E-state index contributed by atoms with van der Waals surface area (Å²) in [5, 5.41) is 21.1. The Morgan fingerprint density at radius 1 is 0.825 bits per heavy atom. The van der Waals surface area contributed by atoms with Gasteiger partial charge in [-0.25, -0.2) is 8.78 Å². The Hall–Kier alpha value is -2.52. The molecule has 224 valence electrons. The van der Waals surface area contributed by atoms with E-state index < -0.39 is 21.5 Å². The predicted octanol–water partition coefficient (Wildman–Crippen LogP) is 7.52. The zero-order chi connectivity index (χ0) is 31.3. The van der Waals surface area contributed by atoms with Gasteiger partial charge in [-0.3, -0.25) is 25.1 Å². The van der Waals surface area contributed by atoms with Crippen LogP contribution in [-0.2, 0) is 9.47 Å². The highest BCUT2D eigenvalue weighted by atomic mass is 79.9. The summed E-state index contributed by atoms with van der Waals surface area (Å²) >= 11 is 5.78. The van der Waals surface area contributed by atoms with Crippen LogP contribution in [0.1, 0.15) is 38.8 Å². The second-order valence-corrected chi connectivity index (χ2v) is 11.0. The largest absolute Gasteiger partial charge is 0.383 e. The maximum absolute atomic E-state index is 13.2. The first-order valence-electron chi connectivity index (χ1n) is 11.9. The molecule has 0 N–H and O–H groups in total. The number of halogens is 4. The molecule has 0 saturated carbocycles. The first-order valence-corrected chi connectivity index (χ1v) is 13.5. The van der Waals surface area contributed by atoms with Crippen LogP contribution in [0, 0.1) is 38.8 Å². The number of nitro groups is 2. The van der Waals surface area contributed by atoms with Crippen LogP contribution >= 0.6 is 31.9 Å². The zero-order valence-corrected chi connectivity index (χ0v) is 27.1. The first kappa shape index (κ1) is 37.5. The number of hydrogen-bond donors (Lipinski definition) is 0. The van der Waals surface area contributed by atoms with E-state index in [0.29, 0.717) is 5.56 Å². The van der Waals surface area contributed by atoms with Crippen molar-refractivity contribution in [1.29, 1.82) is 0 Å². The van der Waals surface area contributed by atoms with Gasteiger partial charge in [-0.1, -0.05) is 0 Å². The minimum Gasteiger partial charge on any atom is -0.383 e. The molecule has 0 fully saturated rings. The average molecular weight is 698 g/mol. The van der Waals surface area contributed by atoms with Gasteiger partial charge in [-0.05, 0) is 105 Å². The normalized spacial score (nSPS) is 11.0. The molecular formula is C26H36Br2F2N4O6. The number of ether oxygens (including phenoxy) is 2. The zero-order valence-electron chi connectivity index (χ0n) is 23.9. The Balaban J connectivity index is 0.000000580. The topological polar surface area (TPSA) is 111 Å². The molecule has 2 rings (SSSR count). The van der Waals surface area contributed by atoms with E-state index >= 15 is 0 Å². The van der Waals surface area contributed by atoms with Crippen molar-refractivity contribution in [3.05, 3.63) is 82.4 Å². The summed E-state index contributed by atoms with van der Waals surface area (Å²) in [6.45, 7) is 9.49. The summed E-state index contributed by atoms with van der Waals surface area (Å²) in [6.07, 6.45) is 3.26. The molecule has 0 spiro atoms. The van der Waals surface area contributed by atoms with Gasteiger partial charge >= 0.3 is 0 Å². The molecule has 40 heavy (non-hydrogen) atoms. The van der Waals surface area contributed by atoms with Crippen LogP contribution in [0.2, 0.25) is 0 Å². The van der Waals surface area contributed by atoms with E-state index in [1.165, 1.54) is 13.0 Å². The molecule has 2 aromatic carbocycles. The third kappa shape index (κ3) is 14.2. The fourth-order valence-corrected chi connectivity index (χ4v) is 3.31. The monoisotopic (exact) mass is 696 g/mol. The predicted molar refractivity (Wildman–Crippen MR) is 159 cm³/mol. The Morgan fingerprint density at radius 3 is 1.62 bits per heavy atom. The van der Waals surface area contributed by atoms with Gasteiger partial charge in [0, 0.05) is 31.8 Å². The van der Waals surface area contributed by atoms with Gasteiger partial charge in [0.25, 0.3) is 11.4 Å². The van der Waals surface area contributed by atoms with E-state index in [2.05, 4.69) is 31.9 Å². The summed E-state index contributed by atoms with van der Waals surface area (Å²) in [4.78, 5) is 23.6. The second kappa shape index (κ2) is 18.0. The van der Waals surface area contributed by atoms with Gasteiger partial charge in [0.05, 0.1) is 36.6 Å². The Kier molecular flexibility index (Phi) is 16.9. The highest BCUT2D eigenvalue weighted by Crippen LogP contribution is 2.28. The first-order chi connectivity index (χ1) is 18.4. The van der Waals surface area contributed by atoms with Crippen molar-refractivity contribution in [3.63, 3.8) is 0 Å². The van der Waals surface area contributed by atoms with Gasteiger partial charge < -0.3 is 14.4 Å². The van der Waals surface area contributed by atoms with Crippen LogP contribution in [0.4, 0.5) is 20.2 Å². The fourth-order valence-electron chi connectivity index (χ4n) is 2.65. The van der Waals surface area contributed by atoms with Gasteiger partial charge in [0.1, 0.15) is 11.6 Å². The molecule has 0 saturated heterocycles. The Morgan fingerprint density at radius 2 is 1.25 bits per heavy atom. The molecule has 10 nitrogen and oxygen atoms in total. The summed E-state index contributed by atoms with van der Waals surface area (Å²) in [5.41, 5.74) is 0.342. The number of hydrogen-bond acceptors (Lipinski definition) is 8. The lowest BCUT2D eigenvalue weighted by Gasteiger charge is -2.27. The van der Waals surface area contributed by atoms with Gasteiger partial charge in [0.2, 0.25) is 6.41 Å². The SMILES string of the molecule is CC(C)OC(OC(C)C)N(C)C.CN(C)/C=C/c1cc(F)c(Br)cc1[N+](=O)[O-].Cc1cc(F)c(Br)cc1[N+](=O)[O-]. The van der Waals surface area contributed by atoms with E-state index in [-0.39, 0.29) is 44.5 Å². The summed E-state index contributed by atoms with van der Waals surface area (Å²) in [5.74, 6) is -1.01. The molecule has 0 aliphatic carbocycles. The minimum absolute atomic E-state index is 0.0803.